The van der Waals surface area contributed by atoms with Crippen molar-refractivity contribution in [3.8, 4) is 0 Å². The van der Waals surface area contributed by atoms with Crippen LogP contribution in [0, 0.1) is 5.92 Å². The summed E-state index contributed by atoms with van der Waals surface area (Å²) in [7, 11) is -3.29. The molecule has 5 heteroatoms. The molecule has 1 aliphatic heterocycles. The molecule has 2 fully saturated rings. The summed E-state index contributed by atoms with van der Waals surface area (Å²) < 4.78 is 21.9. The molecular formula is C12H24N2O2S. The Morgan fingerprint density at radius 3 is 2.71 bits per heavy atom. The minimum Gasteiger partial charge on any atom is -0.297 e. The second-order valence-electron chi connectivity index (χ2n) is 5.65. The fourth-order valence-corrected chi connectivity index (χ4v) is 4.17. The van der Waals surface area contributed by atoms with Gasteiger partial charge >= 0.3 is 0 Å². The van der Waals surface area contributed by atoms with Crippen molar-refractivity contribution in [3.63, 3.8) is 0 Å². The zero-order valence-corrected chi connectivity index (χ0v) is 11.5. The highest BCUT2D eigenvalue weighted by molar-refractivity contribution is 7.89. The van der Waals surface area contributed by atoms with E-state index in [-0.39, 0.29) is 5.75 Å². The molecule has 1 aliphatic carbocycles. The minimum atomic E-state index is -3.29. The molecule has 17 heavy (non-hydrogen) atoms. The maximum Gasteiger partial charge on any atom is 0.209 e. The molecule has 1 heterocycles. The van der Waals surface area contributed by atoms with Crippen molar-refractivity contribution in [1.29, 1.82) is 0 Å². The molecule has 4 nitrogen and oxygen atoms in total. The molecule has 0 bridgehead atoms. The van der Waals surface area contributed by atoms with Crippen molar-refractivity contribution in [2.24, 2.45) is 11.1 Å². The van der Waals surface area contributed by atoms with E-state index in [9.17, 15) is 8.42 Å². The lowest BCUT2D eigenvalue weighted by Crippen LogP contribution is -2.39. The summed E-state index contributed by atoms with van der Waals surface area (Å²) in [4.78, 5) is 2.52. The van der Waals surface area contributed by atoms with Crippen molar-refractivity contribution < 1.29 is 8.42 Å². The maximum absolute atomic E-state index is 10.9. The van der Waals surface area contributed by atoms with Gasteiger partial charge in [-0.2, -0.15) is 0 Å². The average molecular weight is 260 g/mol. The molecule has 0 aromatic heterocycles. The Bertz CT molecular complexity index is 356. The lowest BCUT2D eigenvalue weighted by Gasteiger charge is -2.33. The summed E-state index contributed by atoms with van der Waals surface area (Å²) in [5, 5.41) is 5.04. The number of likely N-dealkylation sites (tertiary alicyclic amines) is 1. The standard InChI is InChI=1S/C12H24N2O2S/c1-10-9-11-5-2-3-6-12(11)14(10)7-4-8-17(13,15)16/h10-12H,2-9H2,1H3,(H2,13,15,16)/t10-,11+,12-/m1/s1. The van der Waals surface area contributed by atoms with Gasteiger partial charge in [0.25, 0.3) is 0 Å². The van der Waals surface area contributed by atoms with Crippen LogP contribution < -0.4 is 5.14 Å². The monoisotopic (exact) mass is 260 g/mol. The predicted octanol–water partition coefficient (Wildman–Crippen LogP) is 1.32. The third-order valence-electron chi connectivity index (χ3n) is 4.35. The molecule has 0 aromatic carbocycles. The maximum atomic E-state index is 10.9. The van der Waals surface area contributed by atoms with E-state index in [0.29, 0.717) is 18.5 Å². The van der Waals surface area contributed by atoms with Gasteiger partial charge in [-0.1, -0.05) is 12.8 Å². The topological polar surface area (TPSA) is 63.4 Å². The summed E-state index contributed by atoms with van der Waals surface area (Å²) in [6.07, 6.45) is 7.33. The van der Waals surface area contributed by atoms with Crippen LogP contribution in [0.4, 0.5) is 0 Å². The van der Waals surface area contributed by atoms with Crippen LogP contribution in [0.5, 0.6) is 0 Å². The Balaban J connectivity index is 1.87. The SMILES string of the molecule is C[C@@H]1C[C@@H]2CCCC[C@H]2N1CCCS(N)(=O)=O. The summed E-state index contributed by atoms with van der Waals surface area (Å²) in [5.74, 6) is 0.974. The summed E-state index contributed by atoms with van der Waals surface area (Å²) >= 11 is 0. The number of rotatable bonds is 4. The van der Waals surface area contributed by atoms with Gasteiger partial charge in [0.1, 0.15) is 0 Å². The Hall–Kier alpha value is -0.130. The van der Waals surface area contributed by atoms with Crippen molar-refractivity contribution in [3.05, 3.63) is 0 Å². The lowest BCUT2D eigenvalue weighted by atomic mass is 9.85. The number of nitrogens with two attached hydrogens (primary N) is 1. The number of hydrogen-bond acceptors (Lipinski definition) is 3. The number of nitrogens with zero attached hydrogens (tertiary/aromatic N) is 1. The van der Waals surface area contributed by atoms with Crippen LogP contribution in [0.1, 0.15) is 45.4 Å². The molecule has 1 saturated heterocycles. The Kier molecular flexibility index (Phi) is 4.10. The van der Waals surface area contributed by atoms with Gasteiger partial charge in [-0.05, 0) is 45.1 Å². The van der Waals surface area contributed by atoms with E-state index in [1.165, 1.54) is 32.1 Å². The van der Waals surface area contributed by atoms with Crippen LogP contribution in [0.3, 0.4) is 0 Å². The van der Waals surface area contributed by atoms with Gasteiger partial charge < -0.3 is 0 Å². The Labute approximate surface area is 105 Å². The molecule has 2 rings (SSSR count). The molecule has 2 aliphatic rings. The zero-order chi connectivity index (χ0) is 12.5. The highest BCUT2D eigenvalue weighted by atomic mass is 32.2. The van der Waals surface area contributed by atoms with Crippen LogP contribution in [-0.4, -0.2) is 37.7 Å². The van der Waals surface area contributed by atoms with Gasteiger partial charge in [0, 0.05) is 12.1 Å². The molecular weight excluding hydrogens is 236 g/mol. The van der Waals surface area contributed by atoms with E-state index in [2.05, 4.69) is 11.8 Å². The smallest absolute Gasteiger partial charge is 0.209 e. The van der Waals surface area contributed by atoms with Crippen molar-refractivity contribution in [2.75, 3.05) is 12.3 Å². The normalized spacial score (nSPS) is 34.8. The van der Waals surface area contributed by atoms with Crippen LogP contribution in [0.25, 0.3) is 0 Å². The summed E-state index contributed by atoms with van der Waals surface area (Å²) in [6.45, 7) is 3.16. The fourth-order valence-electron chi connectivity index (χ4n) is 3.63. The van der Waals surface area contributed by atoms with Gasteiger partial charge in [0.15, 0.2) is 0 Å². The predicted molar refractivity (Wildman–Crippen MR) is 69.1 cm³/mol. The first-order valence-corrected chi connectivity index (χ1v) is 8.45. The van der Waals surface area contributed by atoms with Crippen LogP contribution in [0.15, 0.2) is 0 Å². The minimum absolute atomic E-state index is 0.119. The second-order valence-corrected chi connectivity index (χ2v) is 7.39. The zero-order valence-electron chi connectivity index (χ0n) is 10.6. The van der Waals surface area contributed by atoms with Gasteiger partial charge in [0.05, 0.1) is 5.75 Å². The molecule has 100 valence electrons. The van der Waals surface area contributed by atoms with E-state index < -0.39 is 10.0 Å². The van der Waals surface area contributed by atoms with E-state index in [4.69, 9.17) is 5.14 Å². The van der Waals surface area contributed by atoms with Gasteiger partial charge in [-0.15, -0.1) is 0 Å². The fraction of sp³-hybridized carbons (Fsp3) is 1.00. The molecule has 2 N–H and O–H groups in total. The molecule has 0 amide bonds. The van der Waals surface area contributed by atoms with Crippen molar-refractivity contribution in [1.82, 2.24) is 4.90 Å². The largest absolute Gasteiger partial charge is 0.297 e. The number of sulfonamides is 1. The molecule has 0 aromatic rings. The second kappa shape index (κ2) is 5.24. The summed E-state index contributed by atoms with van der Waals surface area (Å²) in [5.41, 5.74) is 0. The Morgan fingerprint density at radius 2 is 2.00 bits per heavy atom. The highest BCUT2D eigenvalue weighted by Gasteiger charge is 2.39. The first-order valence-electron chi connectivity index (χ1n) is 6.73. The third-order valence-corrected chi connectivity index (χ3v) is 5.21. The summed E-state index contributed by atoms with van der Waals surface area (Å²) in [6, 6.07) is 1.32. The molecule has 1 saturated carbocycles. The van der Waals surface area contributed by atoms with E-state index in [1.54, 1.807) is 0 Å². The van der Waals surface area contributed by atoms with E-state index in [1.807, 2.05) is 0 Å². The number of fused-ring (bicyclic) bond motifs is 1. The lowest BCUT2D eigenvalue weighted by molar-refractivity contribution is 0.157. The van der Waals surface area contributed by atoms with Gasteiger partial charge in [0.2, 0.25) is 10.0 Å². The van der Waals surface area contributed by atoms with Crippen LogP contribution >= 0.6 is 0 Å². The Morgan fingerprint density at radius 1 is 1.29 bits per heavy atom. The van der Waals surface area contributed by atoms with Gasteiger partial charge in [-0.3, -0.25) is 4.90 Å². The van der Waals surface area contributed by atoms with Crippen LogP contribution in [-0.2, 0) is 10.0 Å². The van der Waals surface area contributed by atoms with E-state index in [0.717, 1.165) is 12.5 Å². The first kappa shape index (κ1) is 13.3. The average Bonchev–Trinajstić information content (AvgIpc) is 2.54. The molecule has 3 atom stereocenters. The number of hydrogen-bond donors (Lipinski definition) is 1. The first-order chi connectivity index (χ1) is 7.97. The van der Waals surface area contributed by atoms with Crippen LogP contribution in [0.2, 0.25) is 0 Å². The number of primary sulfonamides is 1. The molecule has 0 radical (unpaired) electrons. The third kappa shape index (κ3) is 3.42. The van der Waals surface area contributed by atoms with Crippen molar-refractivity contribution in [2.45, 2.75) is 57.5 Å². The molecule has 0 spiro atoms. The highest BCUT2D eigenvalue weighted by Crippen LogP contribution is 2.39. The molecule has 0 unspecified atom stereocenters. The quantitative estimate of drug-likeness (QED) is 0.829. The van der Waals surface area contributed by atoms with E-state index >= 15 is 0 Å². The van der Waals surface area contributed by atoms with Crippen molar-refractivity contribution >= 4 is 10.0 Å². The van der Waals surface area contributed by atoms with Gasteiger partial charge in [-0.25, -0.2) is 13.6 Å².